The van der Waals surface area contributed by atoms with Crippen molar-refractivity contribution in [3.05, 3.63) is 35.5 Å². The second kappa shape index (κ2) is 5.53. The second-order valence-corrected chi connectivity index (χ2v) is 6.06. The van der Waals surface area contributed by atoms with Crippen LogP contribution in [0, 0.1) is 12.8 Å². The van der Waals surface area contributed by atoms with E-state index in [9.17, 15) is 9.90 Å². The molecule has 0 spiro atoms. The summed E-state index contributed by atoms with van der Waals surface area (Å²) in [5.74, 6) is -0.873. The SMILES string of the molecule is Cc1c(CN2CCCC(C(=O)O)C2)n(C)c2ccccc12. The number of carboxylic acids is 1. The first-order valence-corrected chi connectivity index (χ1v) is 7.56. The molecule has 0 bridgehead atoms. The number of carbonyl (C=O) groups is 1. The average Bonchev–Trinajstić information content (AvgIpc) is 2.73. The number of likely N-dealkylation sites (tertiary alicyclic amines) is 1. The number of fused-ring (bicyclic) bond motifs is 1. The molecule has 4 heteroatoms. The first-order chi connectivity index (χ1) is 10.1. The smallest absolute Gasteiger partial charge is 0.307 e. The number of hydrogen-bond acceptors (Lipinski definition) is 2. The van der Waals surface area contributed by atoms with E-state index in [1.807, 2.05) is 0 Å². The molecule has 21 heavy (non-hydrogen) atoms. The number of rotatable bonds is 3. The third-order valence-electron chi connectivity index (χ3n) is 4.74. The van der Waals surface area contributed by atoms with Crippen LogP contribution in [-0.4, -0.2) is 33.6 Å². The van der Waals surface area contributed by atoms with Crippen LogP contribution in [0.4, 0.5) is 0 Å². The molecule has 4 nitrogen and oxygen atoms in total. The number of aliphatic carboxylic acids is 1. The lowest BCUT2D eigenvalue weighted by molar-refractivity contribution is -0.143. The molecule has 2 heterocycles. The Morgan fingerprint density at radius 1 is 1.38 bits per heavy atom. The highest BCUT2D eigenvalue weighted by molar-refractivity contribution is 5.85. The van der Waals surface area contributed by atoms with Gasteiger partial charge in [-0.25, -0.2) is 0 Å². The van der Waals surface area contributed by atoms with Crippen LogP contribution in [0.15, 0.2) is 24.3 Å². The van der Waals surface area contributed by atoms with Gasteiger partial charge >= 0.3 is 5.97 Å². The number of para-hydroxylation sites is 1. The van der Waals surface area contributed by atoms with Crippen molar-refractivity contribution in [2.24, 2.45) is 13.0 Å². The molecule has 0 amide bonds. The van der Waals surface area contributed by atoms with E-state index in [4.69, 9.17) is 0 Å². The Morgan fingerprint density at radius 3 is 2.86 bits per heavy atom. The minimum absolute atomic E-state index is 0.214. The van der Waals surface area contributed by atoms with Crippen LogP contribution in [0.3, 0.4) is 0 Å². The molecule has 1 atom stereocenters. The van der Waals surface area contributed by atoms with Gasteiger partial charge < -0.3 is 9.67 Å². The highest BCUT2D eigenvalue weighted by Gasteiger charge is 2.26. The van der Waals surface area contributed by atoms with E-state index < -0.39 is 5.97 Å². The molecule has 1 aromatic carbocycles. The van der Waals surface area contributed by atoms with Gasteiger partial charge in [0.25, 0.3) is 0 Å². The van der Waals surface area contributed by atoms with Gasteiger partial charge in [0.2, 0.25) is 0 Å². The third-order valence-corrected chi connectivity index (χ3v) is 4.74. The van der Waals surface area contributed by atoms with Gasteiger partial charge in [-0.3, -0.25) is 9.69 Å². The first kappa shape index (κ1) is 14.1. The zero-order valence-electron chi connectivity index (χ0n) is 12.7. The molecule has 1 N–H and O–H groups in total. The van der Waals surface area contributed by atoms with Crippen molar-refractivity contribution in [3.63, 3.8) is 0 Å². The van der Waals surface area contributed by atoms with Crippen molar-refractivity contribution in [2.45, 2.75) is 26.3 Å². The van der Waals surface area contributed by atoms with Crippen molar-refractivity contribution in [3.8, 4) is 0 Å². The standard InChI is InChI=1S/C17H22N2O2/c1-12-14-7-3-4-8-15(14)18(2)16(12)11-19-9-5-6-13(10-19)17(20)21/h3-4,7-8,13H,5-6,9-11H2,1-2H3,(H,20,21). The fraction of sp³-hybridized carbons (Fsp3) is 0.471. The molecule has 3 rings (SSSR count). The van der Waals surface area contributed by atoms with E-state index in [1.54, 1.807) is 0 Å². The maximum Gasteiger partial charge on any atom is 0.307 e. The molecule has 112 valence electrons. The Kier molecular flexibility index (Phi) is 3.72. The van der Waals surface area contributed by atoms with Gasteiger partial charge in [-0.1, -0.05) is 18.2 Å². The summed E-state index contributed by atoms with van der Waals surface area (Å²) in [6.45, 7) is 4.65. The number of nitrogens with zero attached hydrogens (tertiary/aromatic N) is 2. The molecule has 1 aliphatic heterocycles. The summed E-state index contributed by atoms with van der Waals surface area (Å²) >= 11 is 0. The Hall–Kier alpha value is -1.81. The topological polar surface area (TPSA) is 45.5 Å². The van der Waals surface area contributed by atoms with E-state index in [2.05, 4.69) is 47.7 Å². The molecular weight excluding hydrogens is 264 g/mol. The second-order valence-electron chi connectivity index (χ2n) is 6.06. The van der Waals surface area contributed by atoms with Crippen molar-refractivity contribution in [2.75, 3.05) is 13.1 Å². The number of piperidine rings is 1. The van der Waals surface area contributed by atoms with Crippen LogP contribution in [0.5, 0.6) is 0 Å². The lowest BCUT2D eigenvalue weighted by Gasteiger charge is -2.30. The largest absolute Gasteiger partial charge is 0.481 e. The van der Waals surface area contributed by atoms with Crippen molar-refractivity contribution in [1.82, 2.24) is 9.47 Å². The minimum atomic E-state index is -0.659. The highest BCUT2D eigenvalue weighted by Crippen LogP contribution is 2.27. The van der Waals surface area contributed by atoms with Crippen LogP contribution in [0.2, 0.25) is 0 Å². The van der Waals surface area contributed by atoms with Gasteiger partial charge in [0.1, 0.15) is 0 Å². The van der Waals surface area contributed by atoms with Crippen LogP contribution >= 0.6 is 0 Å². The Balaban J connectivity index is 1.86. The van der Waals surface area contributed by atoms with Crippen LogP contribution in [0.25, 0.3) is 10.9 Å². The van der Waals surface area contributed by atoms with E-state index in [-0.39, 0.29) is 5.92 Å². The van der Waals surface area contributed by atoms with Gasteiger partial charge in [-0.15, -0.1) is 0 Å². The summed E-state index contributed by atoms with van der Waals surface area (Å²) in [5, 5.41) is 10.5. The van der Waals surface area contributed by atoms with Gasteiger partial charge in [-0.05, 0) is 37.9 Å². The number of aromatic nitrogens is 1. The maximum atomic E-state index is 11.2. The minimum Gasteiger partial charge on any atom is -0.481 e. The molecule has 1 unspecified atom stereocenters. The highest BCUT2D eigenvalue weighted by atomic mass is 16.4. The summed E-state index contributed by atoms with van der Waals surface area (Å²) in [6.07, 6.45) is 1.78. The molecule has 0 aliphatic carbocycles. The molecule has 1 aromatic heterocycles. The Bertz CT molecular complexity index is 636. The molecule has 2 aromatic rings. The summed E-state index contributed by atoms with van der Waals surface area (Å²) in [6, 6.07) is 8.43. The Morgan fingerprint density at radius 2 is 2.14 bits per heavy atom. The van der Waals surface area contributed by atoms with Crippen molar-refractivity contribution >= 4 is 16.9 Å². The number of aryl methyl sites for hydroxylation is 2. The van der Waals surface area contributed by atoms with Gasteiger partial charge in [0, 0.05) is 36.7 Å². The first-order valence-electron chi connectivity index (χ1n) is 7.56. The fourth-order valence-corrected chi connectivity index (χ4v) is 3.47. The van der Waals surface area contributed by atoms with E-state index >= 15 is 0 Å². The summed E-state index contributed by atoms with van der Waals surface area (Å²) in [5.41, 5.74) is 3.85. The van der Waals surface area contributed by atoms with E-state index in [1.165, 1.54) is 22.2 Å². The lowest BCUT2D eigenvalue weighted by atomic mass is 9.98. The zero-order chi connectivity index (χ0) is 15.0. The molecule has 1 aliphatic rings. The molecular formula is C17H22N2O2. The summed E-state index contributed by atoms with van der Waals surface area (Å²) in [7, 11) is 2.10. The molecule has 1 fully saturated rings. The number of carboxylic acid groups (broad SMARTS) is 1. The third kappa shape index (κ3) is 2.56. The van der Waals surface area contributed by atoms with Crippen molar-refractivity contribution < 1.29 is 9.90 Å². The number of hydrogen-bond donors (Lipinski definition) is 1. The molecule has 0 saturated carbocycles. The molecule has 1 saturated heterocycles. The lowest BCUT2D eigenvalue weighted by Crippen LogP contribution is -2.38. The predicted octanol–water partition coefficient (Wildman–Crippen LogP) is 2.78. The van der Waals surface area contributed by atoms with Crippen molar-refractivity contribution in [1.29, 1.82) is 0 Å². The monoisotopic (exact) mass is 286 g/mol. The quantitative estimate of drug-likeness (QED) is 0.943. The normalized spacial score (nSPS) is 20.0. The summed E-state index contributed by atoms with van der Waals surface area (Å²) < 4.78 is 2.25. The fourth-order valence-electron chi connectivity index (χ4n) is 3.47. The van der Waals surface area contributed by atoms with E-state index in [0.29, 0.717) is 6.54 Å². The summed E-state index contributed by atoms with van der Waals surface area (Å²) in [4.78, 5) is 13.5. The van der Waals surface area contributed by atoms with Gasteiger partial charge in [0.05, 0.1) is 5.92 Å². The Labute approximate surface area is 125 Å². The van der Waals surface area contributed by atoms with Gasteiger partial charge in [0.15, 0.2) is 0 Å². The van der Waals surface area contributed by atoms with Crippen LogP contribution in [-0.2, 0) is 18.4 Å². The van der Waals surface area contributed by atoms with Crippen LogP contribution < -0.4 is 0 Å². The van der Waals surface area contributed by atoms with E-state index in [0.717, 1.165) is 25.9 Å². The molecule has 0 radical (unpaired) electrons. The number of benzene rings is 1. The zero-order valence-corrected chi connectivity index (χ0v) is 12.7. The van der Waals surface area contributed by atoms with Gasteiger partial charge in [-0.2, -0.15) is 0 Å². The van der Waals surface area contributed by atoms with Crippen LogP contribution in [0.1, 0.15) is 24.1 Å². The maximum absolute atomic E-state index is 11.2. The average molecular weight is 286 g/mol. The predicted molar refractivity (Wildman–Crippen MR) is 83.3 cm³/mol.